The molecule has 0 spiro atoms. The lowest BCUT2D eigenvalue weighted by Crippen LogP contribution is -2.35. The second-order valence-electron chi connectivity index (χ2n) is 4.16. The second kappa shape index (κ2) is 4.42. The van der Waals surface area contributed by atoms with Crippen molar-refractivity contribution in [1.82, 2.24) is 15.0 Å². The Labute approximate surface area is 108 Å². The maximum Gasteiger partial charge on any atom is 0.255 e. The van der Waals surface area contributed by atoms with Gasteiger partial charge in [0.15, 0.2) is 0 Å². The van der Waals surface area contributed by atoms with Gasteiger partial charge in [0.25, 0.3) is 5.56 Å². The number of anilines is 1. The third-order valence-electron chi connectivity index (χ3n) is 3.04. The fraction of sp³-hybridized carbons (Fsp3) is 0.250. The van der Waals surface area contributed by atoms with E-state index >= 15 is 0 Å². The molecule has 3 rings (SSSR count). The van der Waals surface area contributed by atoms with Gasteiger partial charge in [0.05, 0.1) is 29.2 Å². The number of pyridine rings is 1. The first-order chi connectivity index (χ1) is 8.74. The zero-order chi connectivity index (χ0) is 12.5. The quantitative estimate of drug-likeness (QED) is 0.843. The summed E-state index contributed by atoms with van der Waals surface area (Å²) in [6.45, 7) is 1.34. The summed E-state index contributed by atoms with van der Waals surface area (Å²) in [5, 5.41) is 0.607. The van der Waals surface area contributed by atoms with Crippen molar-refractivity contribution in [3.8, 4) is 0 Å². The lowest BCUT2D eigenvalue weighted by molar-refractivity contribution is 0.689. The van der Waals surface area contributed by atoms with Crippen LogP contribution >= 0.6 is 11.6 Å². The molecular weight excluding hydrogens is 252 g/mol. The molecule has 92 valence electrons. The third kappa shape index (κ3) is 1.97. The maximum atomic E-state index is 11.7. The molecule has 2 aromatic heterocycles. The Morgan fingerprint density at radius 2 is 2.22 bits per heavy atom. The van der Waals surface area contributed by atoms with Gasteiger partial charge in [-0.1, -0.05) is 11.6 Å². The van der Waals surface area contributed by atoms with Crippen molar-refractivity contribution in [3.63, 3.8) is 0 Å². The van der Waals surface area contributed by atoms with Crippen LogP contribution in [0.15, 0.2) is 29.5 Å². The molecule has 1 aliphatic rings. The third-order valence-corrected chi connectivity index (χ3v) is 3.27. The number of aromatic amines is 1. The van der Waals surface area contributed by atoms with Gasteiger partial charge in [-0.3, -0.25) is 4.79 Å². The molecule has 18 heavy (non-hydrogen) atoms. The number of hydrogen-bond donors (Lipinski definition) is 1. The summed E-state index contributed by atoms with van der Waals surface area (Å²) < 4.78 is 0. The van der Waals surface area contributed by atoms with Gasteiger partial charge in [0.2, 0.25) is 0 Å². The number of fused-ring (bicyclic) bond motifs is 1. The molecule has 3 heterocycles. The number of hydrogen-bond acceptors (Lipinski definition) is 4. The van der Waals surface area contributed by atoms with Crippen LogP contribution in [0.2, 0.25) is 5.02 Å². The molecule has 0 amide bonds. The van der Waals surface area contributed by atoms with E-state index < -0.39 is 0 Å². The lowest BCUT2D eigenvalue weighted by Gasteiger charge is -2.28. The van der Waals surface area contributed by atoms with Gasteiger partial charge in [-0.2, -0.15) is 0 Å². The smallest absolute Gasteiger partial charge is 0.255 e. The highest BCUT2D eigenvalue weighted by molar-refractivity contribution is 6.30. The number of aromatic nitrogens is 3. The van der Waals surface area contributed by atoms with E-state index in [4.69, 9.17) is 11.6 Å². The van der Waals surface area contributed by atoms with E-state index in [0.717, 1.165) is 30.0 Å². The summed E-state index contributed by atoms with van der Waals surface area (Å²) in [5.41, 5.74) is 1.53. The van der Waals surface area contributed by atoms with Crippen molar-refractivity contribution in [2.75, 3.05) is 11.4 Å². The Morgan fingerprint density at radius 1 is 1.33 bits per heavy atom. The maximum absolute atomic E-state index is 11.7. The van der Waals surface area contributed by atoms with Crippen LogP contribution in [0.3, 0.4) is 0 Å². The normalized spacial score (nSPS) is 14.4. The molecule has 0 aliphatic carbocycles. The second-order valence-corrected chi connectivity index (χ2v) is 4.60. The van der Waals surface area contributed by atoms with E-state index in [1.807, 2.05) is 6.07 Å². The molecule has 2 aromatic rings. The van der Waals surface area contributed by atoms with Crippen LogP contribution in [0.4, 0.5) is 5.82 Å². The van der Waals surface area contributed by atoms with E-state index in [1.165, 1.54) is 6.33 Å². The molecule has 5 nitrogen and oxygen atoms in total. The number of halogens is 1. The minimum atomic E-state index is -0.0707. The molecule has 0 saturated heterocycles. The van der Waals surface area contributed by atoms with Gasteiger partial charge >= 0.3 is 0 Å². The SMILES string of the molecule is O=c1[nH]cnc2c1CN(c1ccc(Cl)cn1)CC2. The van der Waals surface area contributed by atoms with E-state index in [0.29, 0.717) is 11.6 Å². The van der Waals surface area contributed by atoms with Crippen LogP contribution in [0.1, 0.15) is 11.3 Å². The van der Waals surface area contributed by atoms with Crippen molar-refractivity contribution in [2.45, 2.75) is 13.0 Å². The van der Waals surface area contributed by atoms with Gasteiger partial charge in [-0.25, -0.2) is 9.97 Å². The Bertz CT molecular complexity index is 623. The summed E-state index contributed by atoms with van der Waals surface area (Å²) in [5.74, 6) is 0.827. The predicted octanol–water partition coefficient (Wildman–Crippen LogP) is 1.38. The fourth-order valence-electron chi connectivity index (χ4n) is 2.10. The molecular formula is C12H11ClN4O. The van der Waals surface area contributed by atoms with Crippen molar-refractivity contribution in [2.24, 2.45) is 0 Å². The first-order valence-electron chi connectivity index (χ1n) is 5.66. The summed E-state index contributed by atoms with van der Waals surface area (Å²) in [7, 11) is 0. The van der Waals surface area contributed by atoms with Crippen molar-refractivity contribution < 1.29 is 0 Å². The van der Waals surface area contributed by atoms with Gasteiger partial charge in [-0.15, -0.1) is 0 Å². The van der Waals surface area contributed by atoms with E-state index in [9.17, 15) is 4.79 Å². The summed E-state index contributed by atoms with van der Waals surface area (Å²) >= 11 is 5.81. The van der Waals surface area contributed by atoms with Crippen LogP contribution in [-0.4, -0.2) is 21.5 Å². The Morgan fingerprint density at radius 3 is 3.00 bits per heavy atom. The molecule has 0 aromatic carbocycles. The fourth-order valence-corrected chi connectivity index (χ4v) is 2.22. The van der Waals surface area contributed by atoms with E-state index in [-0.39, 0.29) is 5.56 Å². The van der Waals surface area contributed by atoms with Gasteiger partial charge in [0, 0.05) is 19.2 Å². The topological polar surface area (TPSA) is 61.9 Å². The zero-order valence-corrected chi connectivity index (χ0v) is 10.3. The Kier molecular flexibility index (Phi) is 2.76. The lowest BCUT2D eigenvalue weighted by atomic mass is 10.1. The molecule has 1 aliphatic heterocycles. The Hall–Kier alpha value is -1.88. The van der Waals surface area contributed by atoms with Crippen LogP contribution in [0, 0.1) is 0 Å². The van der Waals surface area contributed by atoms with Crippen LogP contribution in [0.25, 0.3) is 0 Å². The highest BCUT2D eigenvalue weighted by Crippen LogP contribution is 2.20. The van der Waals surface area contributed by atoms with Gasteiger partial charge < -0.3 is 9.88 Å². The minimum Gasteiger partial charge on any atom is -0.352 e. The first-order valence-corrected chi connectivity index (χ1v) is 6.04. The van der Waals surface area contributed by atoms with E-state index in [2.05, 4.69) is 19.9 Å². The number of nitrogens with zero attached hydrogens (tertiary/aromatic N) is 3. The van der Waals surface area contributed by atoms with Crippen LogP contribution in [0.5, 0.6) is 0 Å². The molecule has 0 atom stereocenters. The summed E-state index contributed by atoms with van der Waals surface area (Å²) in [4.78, 5) is 24.9. The zero-order valence-electron chi connectivity index (χ0n) is 9.56. The van der Waals surface area contributed by atoms with Crippen molar-refractivity contribution in [3.05, 3.63) is 51.3 Å². The molecule has 0 unspecified atom stereocenters. The molecule has 6 heteroatoms. The van der Waals surface area contributed by atoms with Gasteiger partial charge in [0.1, 0.15) is 5.82 Å². The Balaban J connectivity index is 1.93. The highest BCUT2D eigenvalue weighted by atomic mass is 35.5. The van der Waals surface area contributed by atoms with Crippen molar-refractivity contribution >= 4 is 17.4 Å². The van der Waals surface area contributed by atoms with Crippen LogP contribution in [-0.2, 0) is 13.0 Å². The molecule has 1 N–H and O–H groups in total. The number of nitrogens with one attached hydrogen (secondary N) is 1. The highest BCUT2D eigenvalue weighted by Gasteiger charge is 2.20. The summed E-state index contributed by atoms with van der Waals surface area (Å²) in [6.07, 6.45) is 3.82. The molecule has 0 saturated carbocycles. The minimum absolute atomic E-state index is 0.0707. The largest absolute Gasteiger partial charge is 0.352 e. The summed E-state index contributed by atoms with van der Waals surface area (Å²) in [6, 6.07) is 3.66. The monoisotopic (exact) mass is 262 g/mol. The number of H-pyrrole nitrogens is 1. The van der Waals surface area contributed by atoms with Crippen LogP contribution < -0.4 is 10.5 Å². The standard InChI is InChI=1S/C12H11ClN4O/c13-8-1-2-11(14-5-8)17-4-3-10-9(6-17)12(18)16-7-15-10/h1-2,5,7H,3-4,6H2,(H,15,16,18). The number of rotatable bonds is 1. The molecule has 0 radical (unpaired) electrons. The predicted molar refractivity (Wildman–Crippen MR) is 68.9 cm³/mol. The average Bonchev–Trinajstić information content (AvgIpc) is 2.40. The molecule has 0 bridgehead atoms. The van der Waals surface area contributed by atoms with Gasteiger partial charge in [-0.05, 0) is 12.1 Å². The first kappa shape index (κ1) is 11.2. The molecule has 0 fully saturated rings. The van der Waals surface area contributed by atoms with Crippen molar-refractivity contribution in [1.29, 1.82) is 0 Å². The average molecular weight is 263 g/mol. The van der Waals surface area contributed by atoms with E-state index in [1.54, 1.807) is 12.3 Å².